The summed E-state index contributed by atoms with van der Waals surface area (Å²) in [5, 5.41) is 3.54. The molecule has 1 saturated heterocycles. The van der Waals surface area contributed by atoms with Crippen LogP contribution in [0.15, 0.2) is 12.2 Å². The van der Waals surface area contributed by atoms with Crippen molar-refractivity contribution < 1.29 is 0 Å². The molecule has 0 amide bonds. The van der Waals surface area contributed by atoms with Crippen LogP contribution in [0.2, 0.25) is 0 Å². The summed E-state index contributed by atoms with van der Waals surface area (Å²) in [6, 6.07) is 0.669. The Morgan fingerprint density at radius 3 is 2.36 bits per heavy atom. The predicted molar refractivity (Wildman–Crippen MR) is 49.6 cm³/mol. The Kier molecular flexibility index (Phi) is 2.10. The molecule has 1 heterocycles. The van der Waals surface area contributed by atoms with Crippen molar-refractivity contribution in [1.82, 2.24) is 5.32 Å². The Morgan fingerprint density at radius 1 is 1.64 bits per heavy atom. The van der Waals surface area contributed by atoms with Crippen molar-refractivity contribution in [2.45, 2.75) is 45.7 Å². The van der Waals surface area contributed by atoms with Gasteiger partial charge < -0.3 is 5.32 Å². The van der Waals surface area contributed by atoms with E-state index in [9.17, 15) is 0 Å². The summed E-state index contributed by atoms with van der Waals surface area (Å²) in [4.78, 5) is 0. The van der Waals surface area contributed by atoms with Crippen LogP contribution >= 0.6 is 0 Å². The largest absolute Gasteiger partial charge is 0.308 e. The highest BCUT2D eigenvalue weighted by Gasteiger charge is 2.37. The van der Waals surface area contributed by atoms with Crippen molar-refractivity contribution in [2.75, 3.05) is 0 Å². The monoisotopic (exact) mass is 153 g/mol. The molecule has 0 aromatic rings. The summed E-state index contributed by atoms with van der Waals surface area (Å²) in [7, 11) is 0. The molecule has 0 spiro atoms. The molecule has 2 unspecified atom stereocenters. The first-order chi connectivity index (χ1) is 4.92. The second-order valence-corrected chi connectivity index (χ2v) is 4.47. The maximum atomic E-state index is 3.97. The van der Waals surface area contributed by atoms with Gasteiger partial charge in [-0.3, -0.25) is 0 Å². The minimum Gasteiger partial charge on any atom is -0.308 e. The number of rotatable bonds is 2. The number of hydrogen-bond donors (Lipinski definition) is 1. The van der Waals surface area contributed by atoms with Crippen LogP contribution in [0, 0.1) is 5.92 Å². The minimum absolute atomic E-state index is 0.369. The van der Waals surface area contributed by atoms with E-state index in [1.54, 1.807) is 0 Å². The number of hydrogen-bond acceptors (Lipinski definition) is 1. The van der Waals surface area contributed by atoms with Crippen LogP contribution in [0.5, 0.6) is 0 Å². The molecule has 1 aliphatic rings. The predicted octanol–water partition coefficient (Wildman–Crippen LogP) is 2.34. The van der Waals surface area contributed by atoms with Gasteiger partial charge in [0.2, 0.25) is 0 Å². The molecule has 0 aromatic carbocycles. The van der Waals surface area contributed by atoms with Gasteiger partial charge in [-0.15, -0.1) is 0 Å². The average molecular weight is 153 g/mol. The summed E-state index contributed by atoms with van der Waals surface area (Å²) in [6.45, 7) is 12.8. The maximum Gasteiger partial charge on any atom is 0.0152 e. The zero-order valence-electron chi connectivity index (χ0n) is 8.07. The normalized spacial score (nSPS) is 30.7. The molecule has 0 aliphatic carbocycles. The lowest BCUT2D eigenvalue weighted by atomic mass is 9.77. The first-order valence-corrected chi connectivity index (χ1v) is 4.35. The van der Waals surface area contributed by atoms with Crippen molar-refractivity contribution in [3.05, 3.63) is 12.2 Å². The van der Waals surface area contributed by atoms with E-state index in [2.05, 4.69) is 39.6 Å². The highest BCUT2D eigenvalue weighted by Crippen LogP contribution is 2.30. The lowest BCUT2D eigenvalue weighted by Gasteiger charge is -2.47. The smallest absolute Gasteiger partial charge is 0.0152 e. The third-order valence-corrected chi connectivity index (χ3v) is 2.69. The molecule has 1 fully saturated rings. The van der Waals surface area contributed by atoms with Crippen molar-refractivity contribution >= 4 is 0 Å². The summed E-state index contributed by atoms with van der Waals surface area (Å²) in [5.41, 5.74) is 1.66. The molecular formula is C10H19N. The summed E-state index contributed by atoms with van der Waals surface area (Å²) in [5.74, 6) is 0.628. The fourth-order valence-electron chi connectivity index (χ4n) is 1.68. The molecule has 0 aromatic heterocycles. The van der Waals surface area contributed by atoms with Crippen LogP contribution in [0.25, 0.3) is 0 Å². The van der Waals surface area contributed by atoms with E-state index in [0.29, 0.717) is 17.5 Å². The SMILES string of the molecule is C=C(C)C(C)C1CC(C)(C)N1. The first-order valence-electron chi connectivity index (χ1n) is 4.35. The third-order valence-electron chi connectivity index (χ3n) is 2.69. The molecule has 1 nitrogen and oxygen atoms in total. The number of nitrogens with one attached hydrogen (secondary N) is 1. The van der Waals surface area contributed by atoms with Crippen LogP contribution in [0.3, 0.4) is 0 Å². The molecule has 11 heavy (non-hydrogen) atoms. The lowest BCUT2D eigenvalue weighted by Crippen LogP contribution is -2.62. The lowest BCUT2D eigenvalue weighted by molar-refractivity contribution is 0.143. The van der Waals surface area contributed by atoms with E-state index >= 15 is 0 Å². The second kappa shape index (κ2) is 2.63. The van der Waals surface area contributed by atoms with Gasteiger partial charge >= 0.3 is 0 Å². The van der Waals surface area contributed by atoms with E-state index in [1.807, 2.05) is 0 Å². The Bertz CT molecular complexity index is 162. The molecule has 1 aliphatic heterocycles. The Labute approximate surface area is 69.9 Å². The molecular weight excluding hydrogens is 134 g/mol. The third kappa shape index (κ3) is 1.84. The van der Waals surface area contributed by atoms with Crippen LogP contribution in [0.4, 0.5) is 0 Å². The van der Waals surface area contributed by atoms with Crippen LogP contribution < -0.4 is 5.32 Å². The zero-order chi connectivity index (χ0) is 8.65. The van der Waals surface area contributed by atoms with Gasteiger partial charge in [0.15, 0.2) is 0 Å². The van der Waals surface area contributed by atoms with E-state index in [0.717, 1.165) is 0 Å². The fourth-order valence-corrected chi connectivity index (χ4v) is 1.68. The van der Waals surface area contributed by atoms with Crippen molar-refractivity contribution in [1.29, 1.82) is 0 Å². The fraction of sp³-hybridized carbons (Fsp3) is 0.800. The Morgan fingerprint density at radius 2 is 2.09 bits per heavy atom. The van der Waals surface area contributed by atoms with Gasteiger partial charge in [0.05, 0.1) is 0 Å². The Balaban J connectivity index is 2.38. The minimum atomic E-state index is 0.369. The average Bonchev–Trinajstić information content (AvgIpc) is 1.80. The highest BCUT2D eigenvalue weighted by atomic mass is 15.1. The van der Waals surface area contributed by atoms with Crippen LogP contribution in [-0.4, -0.2) is 11.6 Å². The van der Waals surface area contributed by atoms with E-state index < -0.39 is 0 Å². The van der Waals surface area contributed by atoms with Gasteiger partial charge in [0, 0.05) is 11.6 Å². The van der Waals surface area contributed by atoms with Crippen molar-refractivity contribution in [3.63, 3.8) is 0 Å². The molecule has 0 bridgehead atoms. The molecule has 1 heteroatoms. The summed E-state index contributed by atoms with van der Waals surface area (Å²) < 4.78 is 0. The molecule has 1 rings (SSSR count). The standard InChI is InChI=1S/C10H19N/c1-7(2)8(3)9-6-10(4,5)11-9/h8-9,11H,1,6H2,2-5H3. The Hall–Kier alpha value is -0.300. The maximum absolute atomic E-state index is 3.97. The topological polar surface area (TPSA) is 12.0 Å². The molecule has 64 valence electrons. The molecule has 0 saturated carbocycles. The van der Waals surface area contributed by atoms with E-state index in [4.69, 9.17) is 0 Å². The van der Waals surface area contributed by atoms with Gasteiger partial charge in [-0.1, -0.05) is 19.1 Å². The zero-order valence-corrected chi connectivity index (χ0v) is 8.07. The van der Waals surface area contributed by atoms with Gasteiger partial charge in [-0.2, -0.15) is 0 Å². The quantitative estimate of drug-likeness (QED) is 0.600. The van der Waals surface area contributed by atoms with Crippen LogP contribution in [-0.2, 0) is 0 Å². The van der Waals surface area contributed by atoms with Crippen molar-refractivity contribution in [2.24, 2.45) is 5.92 Å². The molecule has 2 atom stereocenters. The molecule has 1 N–H and O–H groups in total. The van der Waals surface area contributed by atoms with Crippen molar-refractivity contribution in [3.8, 4) is 0 Å². The van der Waals surface area contributed by atoms with E-state index in [-0.39, 0.29) is 0 Å². The van der Waals surface area contributed by atoms with Gasteiger partial charge in [0.1, 0.15) is 0 Å². The summed E-state index contributed by atoms with van der Waals surface area (Å²) >= 11 is 0. The summed E-state index contributed by atoms with van der Waals surface area (Å²) in [6.07, 6.45) is 1.28. The second-order valence-electron chi connectivity index (χ2n) is 4.47. The highest BCUT2D eigenvalue weighted by molar-refractivity contribution is 5.07. The van der Waals surface area contributed by atoms with Gasteiger partial charge in [-0.25, -0.2) is 0 Å². The van der Waals surface area contributed by atoms with Gasteiger partial charge in [0.25, 0.3) is 0 Å². The molecule has 0 radical (unpaired) electrons. The van der Waals surface area contributed by atoms with Gasteiger partial charge in [-0.05, 0) is 33.1 Å². The van der Waals surface area contributed by atoms with E-state index in [1.165, 1.54) is 12.0 Å². The first kappa shape index (κ1) is 8.79. The van der Waals surface area contributed by atoms with Crippen LogP contribution in [0.1, 0.15) is 34.1 Å².